The van der Waals surface area contributed by atoms with Gasteiger partial charge in [0.05, 0.1) is 5.69 Å². The smallest absolute Gasteiger partial charge is 0.167 e. The molecular weight excluding hydrogens is 226 g/mol. The van der Waals surface area contributed by atoms with E-state index in [1.807, 2.05) is 19.1 Å². The van der Waals surface area contributed by atoms with Gasteiger partial charge in [-0.2, -0.15) is 0 Å². The first-order chi connectivity index (χ1) is 8.70. The summed E-state index contributed by atoms with van der Waals surface area (Å²) in [7, 11) is 2.17. The van der Waals surface area contributed by atoms with Crippen LogP contribution in [0.1, 0.15) is 23.7 Å². The Bertz CT molecular complexity index is 563. The van der Waals surface area contributed by atoms with Gasteiger partial charge in [-0.15, -0.1) is 0 Å². The highest BCUT2D eigenvalue weighted by Crippen LogP contribution is 2.37. The summed E-state index contributed by atoms with van der Waals surface area (Å²) in [6.07, 6.45) is 1.12. The molecule has 1 aromatic carbocycles. The highest BCUT2D eigenvalue weighted by atomic mass is 16.5. The zero-order valence-electron chi connectivity index (χ0n) is 10.9. The molecule has 1 aromatic heterocycles. The first-order valence-corrected chi connectivity index (χ1v) is 6.46. The first-order valence-electron chi connectivity index (χ1n) is 6.46. The van der Waals surface area contributed by atoms with Crippen molar-refractivity contribution >= 4 is 11.0 Å². The van der Waals surface area contributed by atoms with Crippen LogP contribution < -0.4 is 5.73 Å². The fourth-order valence-electron chi connectivity index (χ4n) is 3.09. The van der Waals surface area contributed by atoms with E-state index in [2.05, 4.69) is 23.2 Å². The Hall–Kier alpha value is -1.39. The molecule has 1 saturated heterocycles. The Morgan fingerprint density at radius 2 is 2.33 bits per heavy atom. The molecule has 0 radical (unpaired) electrons. The second-order valence-electron chi connectivity index (χ2n) is 5.28. The number of aryl methyl sites for hydroxylation is 1. The molecule has 2 N–H and O–H groups in total. The summed E-state index contributed by atoms with van der Waals surface area (Å²) >= 11 is 0. The number of fused-ring (bicyclic) bond motifs is 1. The van der Waals surface area contributed by atoms with E-state index in [1.165, 1.54) is 10.9 Å². The molecule has 1 aliphatic rings. The molecular formula is C14H19N3O. The van der Waals surface area contributed by atoms with Crippen LogP contribution in [0.15, 0.2) is 22.7 Å². The third-order valence-electron chi connectivity index (χ3n) is 4.03. The highest BCUT2D eigenvalue weighted by Gasteiger charge is 2.31. The van der Waals surface area contributed by atoms with Crippen LogP contribution in [-0.4, -0.2) is 30.2 Å². The Morgan fingerprint density at radius 3 is 3.06 bits per heavy atom. The molecule has 4 nitrogen and oxygen atoms in total. The first kappa shape index (κ1) is 11.7. The zero-order chi connectivity index (χ0) is 12.7. The maximum absolute atomic E-state index is 5.80. The standard InChI is InChI=1S/C14H19N3O/c1-9-14-11(4-3-5-13(14)18-16-9)12-6-10(7-15)8-17(12)2/h3-5,10,12H,6-8,15H2,1-2H3. The van der Waals surface area contributed by atoms with Crippen molar-refractivity contribution in [1.82, 2.24) is 10.1 Å². The van der Waals surface area contributed by atoms with E-state index < -0.39 is 0 Å². The minimum Gasteiger partial charge on any atom is -0.356 e. The van der Waals surface area contributed by atoms with E-state index in [1.54, 1.807) is 0 Å². The number of rotatable bonds is 2. The number of nitrogens with two attached hydrogens (primary N) is 1. The summed E-state index contributed by atoms with van der Waals surface area (Å²) in [4.78, 5) is 2.39. The second kappa shape index (κ2) is 4.37. The molecule has 1 fully saturated rings. The molecule has 2 heterocycles. The van der Waals surface area contributed by atoms with Gasteiger partial charge < -0.3 is 10.3 Å². The third kappa shape index (κ3) is 1.72. The van der Waals surface area contributed by atoms with Gasteiger partial charge in [-0.05, 0) is 44.5 Å². The number of nitrogens with zero attached hydrogens (tertiary/aromatic N) is 2. The number of aromatic nitrogens is 1. The molecule has 96 valence electrons. The summed E-state index contributed by atoms with van der Waals surface area (Å²) in [5.41, 5.74) is 8.99. The van der Waals surface area contributed by atoms with Crippen LogP contribution >= 0.6 is 0 Å². The van der Waals surface area contributed by atoms with E-state index in [0.717, 1.165) is 30.8 Å². The number of likely N-dealkylation sites (tertiary alicyclic amines) is 1. The average Bonchev–Trinajstić information content (AvgIpc) is 2.93. The van der Waals surface area contributed by atoms with Gasteiger partial charge in [0, 0.05) is 18.0 Å². The van der Waals surface area contributed by atoms with Gasteiger partial charge in [-0.1, -0.05) is 17.3 Å². The number of hydrogen-bond acceptors (Lipinski definition) is 4. The molecule has 1 aliphatic heterocycles. The molecule has 18 heavy (non-hydrogen) atoms. The van der Waals surface area contributed by atoms with Crippen LogP contribution in [0, 0.1) is 12.8 Å². The number of hydrogen-bond donors (Lipinski definition) is 1. The van der Waals surface area contributed by atoms with Crippen LogP contribution in [0.2, 0.25) is 0 Å². The monoisotopic (exact) mass is 245 g/mol. The molecule has 0 spiro atoms. The van der Waals surface area contributed by atoms with Gasteiger partial charge >= 0.3 is 0 Å². The Kier molecular flexibility index (Phi) is 2.84. The maximum atomic E-state index is 5.80. The van der Waals surface area contributed by atoms with E-state index >= 15 is 0 Å². The average molecular weight is 245 g/mol. The van der Waals surface area contributed by atoms with Gasteiger partial charge in [0.2, 0.25) is 0 Å². The molecule has 2 unspecified atom stereocenters. The highest BCUT2D eigenvalue weighted by molar-refractivity contribution is 5.83. The largest absolute Gasteiger partial charge is 0.356 e. The Labute approximate surface area is 107 Å². The van der Waals surface area contributed by atoms with E-state index in [9.17, 15) is 0 Å². The summed E-state index contributed by atoms with van der Waals surface area (Å²) in [6.45, 7) is 3.84. The summed E-state index contributed by atoms with van der Waals surface area (Å²) in [6, 6.07) is 6.65. The van der Waals surface area contributed by atoms with E-state index in [-0.39, 0.29) is 0 Å². The molecule has 4 heteroatoms. The van der Waals surface area contributed by atoms with Crippen molar-refractivity contribution < 1.29 is 4.52 Å². The predicted octanol–water partition coefficient (Wildman–Crippen LogP) is 2.09. The van der Waals surface area contributed by atoms with Gasteiger partial charge in [0.15, 0.2) is 5.58 Å². The van der Waals surface area contributed by atoms with Crippen LogP contribution in [0.3, 0.4) is 0 Å². The van der Waals surface area contributed by atoms with Crippen molar-refractivity contribution in [3.63, 3.8) is 0 Å². The molecule has 0 aliphatic carbocycles. The fraction of sp³-hybridized carbons (Fsp3) is 0.500. The van der Waals surface area contributed by atoms with Gasteiger partial charge in [0.1, 0.15) is 0 Å². The van der Waals surface area contributed by atoms with E-state index in [4.69, 9.17) is 10.3 Å². The minimum atomic E-state index is 0.431. The van der Waals surface area contributed by atoms with E-state index in [0.29, 0.717) is 12.0 Å². The van der Waals surface area contributed by atoms with Crippen molar-refractivity contribution in [3.05, 3.63) is 29.5 Å². The predicted molar refractivity (Wildman–Crippen MR) is 71.3 cm³/mol. The third-order valence-corrected chi connectivity index (χ3v) is 4.03. The number of benzene rings is 1. The normalized spacial score (nSPS) is 25.1. The lowest BCUT2D eigenvalue weighted by molar-refractivity contribution is 0.315. The van der Waals surface area contributed by atoms with Crippen molar-refractivity contribution in [1.29, 1.82) is 0 Å². The van der Waals surface area contributed by atoms with Gasteiger partial charge in [-0.25, -0.2) is 0 Å². The van der Waals surface area contributed by atoms with Crippen molar-refractivity contribution in [2.45, 2.75) is 19.4 Å². The lowest BCUT2D eigenvalue weighted by Gasteiger charge is -2.20. The second-order valence-corrected chi connectivity index (χ2v) is 5.28. The van der Waals surface area contributed by atoms with Crippen molar-refractivity contribution in [2.75, 3.05) is 20.1 Å². The molecule has 2 atom stereocenters. The molecule has 0 bridgehead atoms. The minimum absolute atomic E-state index is 0.431. The van der Waals surface area contributed by atoms with Gasteiger partial charge in [0.25, 0.3) is 0 Å². The zero-order valence-corrected chi connectivity index (χ0v) is 10.9. The topological polar surface area (TPSA) is 55.3 Å². The summed E-state index contributed by atoms with van der Waals surface area (Å²) in [5.74, 6) is 0.593. The lowest BCUT2D eigenvalue weighted by atomic mass is 9.96. The Morgan fingerprint density at radius 1 is 1.50 bits per heavy atom. The molecule has 2 aromatic rings. The Balaban J connectivity index is 2.06. The molecule has 3 rings (SSSR count). The lowest BCUT2D eigenvalue weighted by Crippen LogP contribution is -2.20. The quantitative estimate of drug-likeness (QED) is 0.880. The molecule has 0 saturated carbocycles. The van der Waals surface area contributed by atoms with Crippen LogP contribution in [0.4, 0.5) is 0 Å². The fourth-order valence-corrected chi connectivity index (χ4v) is 3.09. The summed E-state index contributed by atoms with van der Waals surface area (Å²) < 4.78 is 5.34. The van der Waals surface area contributed by atoms with Crippen LogP contribution in [0.25, 0.3) is 11.0 Å². The van der Waals surface area contributed by atoms with Gasteiger partial charge in [-0.3, -0.25) is 4.90 Å². The molecule has 0 amide bonds. The van der Waals surface area contributed by atoms with Crippen LogP contribution in [-0.2, 0) is 0 Å². The van der Waals surface area contributed by atoms with Crippen LogP contribution in [0.5, 0.6) is 0 Å². The summed E-state index contributed by atoms with van der Waals surface area (Å²) in [5, 5.41) is 5.25. The van der Waals surface area contributed by atoms with Crippen molar-refractivity contribution in [2.24, 2.45) is 11.7 Å². The maximum Gasteiger partial charge on any atom is 0.167 e. The SMILES string of the molecule is Cc1noc2cccc(C3CC(CN)CN3C)c12. The van der Waals surface area contributed by atoms with Crippen molar-refractivity contribution in [3.8, 4) is 0 Å².